The maximum Gasteiger partial charge on any atom is 0.325 e. The number of carbonyl (C=O) groups is 2. The molecule has 2 N–H and O–H groups in total. The average molecular weight is 417 g/mol. The number of rotatable bonds is 16. The minimum absolute atomic E-state index is 0.246. The van der Waals surface area contributed by atoms with Gasteiger partial charge >= 0.3 is 5.97 Å². The number of hydrogen-bond donors (Lipinski definition) is 2. The molecule has 0 saturated carbocycles. The average Bonchev–Trinajstić information content (AvgIpc) is 2.73. The Morgan fingerprint density at radius 3 is 2.10 bits per heavy atom. The molecule has 1 heterocycles. The summed E-state index contributed by atoms with van der Waals surface area (Å²) >= 11 is 0. The summed E-state index contributed by atoms with van der Waals surface area (Å²) < 4.78 is 23.2. The van der Waals surface area contributed by atoms with Crippen LogP contribution in [0, 0.1) is 0 Å². The summed E-state index contributed by atoms with van der Waals surface area (Å²) in [5.41, 5.74) is 0. The van der Waals surface area contributed by atoms with Gasteiger partial charge < -0.3 is 24.3 Å². The maximum atomic E-state index is 12.4. The first-order chi connectivity index (χ1) is 14.1. The van der Waals surface area contributed by atoms with Crippen molar-refractivity contribution in [2.75, 3.05) is 33.5 Å². The molecular weight excluding hydrogens is 376 g/mol. The summed E-state index contributed by atoms with van der Waals surface area (Å²) in [7, 11) is 1.34. The van der Waals surface area contributed by atoms with Crippen molar-refractivity contribution in [1.29, 1.82) is 0 Å². The Morgan fingerprint density at radius 1 is 0.966 bits per heavy atom. The van der Waals surface area contributed by atoms with Crippen LogP contribution in [0.2, 0.25) is 0 Å². The van der Waals surface area contributed by atoms with Crippen LogP contribution >= 0.6 is 0 Å². The van der Waals surface area contributed by atoms with Gasteiger partial charge in [-0.15, -0.1) is 0 Å². The van der Waals surface area contributed by atoms with Crippen LogP contribution in [-0.4, -0.2) is 76.3 Å². The largest absolute Gasteiger partial charge is 0.468 e. The molecule has 0 spiro atoms. The third kappa shape index (κ3) is 8.58. The quantitative estimate of drug-likeness (QED) is 0.225. The first kappa shape index (κ1) is 25.8. The highest BCUT2D eigenvalue weighted by Gasteiger charge is 2.49. The Labute approximate surface area is 175 Å². The molecule has 8 nitrogen and oxygen atoms in total. The SMILES string of the molecule is CCCCOC[C@H]1N[C@@H](C(=O)OC)[C@H](NC=O)[C@@H](OCCCC)[C@@H]1OCCCC. The van der Waals surface area contributed by atoms with E-state index in [9.17, 15) is 9.59 Å². The molecule has 5 atom stereocenters. The lowest BCUT2D eigenvalue weighted by atomic mass is 9.87. The minimum atomic E-state index is -0.734. The van der Waals surface area contributed by atoms with Crippen molar-refractivity contribution in [2.24, 2.45) is 0 Å². The number of amides is 1. The molecule has 8 heteroatoms. The smallest absolute Gasteiger partial charge is 0.325 e. The first-order valence-corrected chi connectivity index (χ1v) is 11.0. The second-order valence-electron chi connectivity index (χ2n) is 7.39. The zero-order chi connectivity index (χ0) is 21.5. The lowest BCUT2D eigenvalue weighted by Crippen LogP contribution is -2.72. The van der Waals surface area contributed by atoms with Crippen LogP contribution in [0.3, 0.4) is 0 Å². The van der Waals surface area contributed by atoms with Gasteiger partial charge in [-0.3, -0.25) is 14.9 Å². The van der Waals surface area contributed by atoms with E-state index in [-0.39, 0.29) is 12.1 Å². The molecule has 1 fully saturated rings. The minimum Gasteiger partial charge on any atom is -0.468 e. The highest BCUT2D eigenvalue weighted by molar-refractivity contribution is 5.77. The molecule has 0 aliphatic carbocycles. The zero-order valence-electron chi connectivity index (χ0n) is 18.5. The van der Waals surface area contributed by atoms with Crippen LogP contribution in [0.1, 0.15) is 59.3 Å². The fourth-order valence-electron chi connectivity index (χ4n) is 3.40. The number of hydrogen-bond acceptors (Lipinski definition) is 7. The van der Waals surface area contributed by atoms with Crippen molar-refractivity contribution in [1.82, 2.24) is 10.6 Å². The molecule has 0 bridgehead atoms. The summed E-state index contributed by atoms with van der Waals surface area (Å²) in [4.78, 5) is 23.7. The first-order valence-electron chi connectivity index (χ1n) is 11.0. The van der Waals surface area contributed by atoms with E-state index < -0.39 is 24.2 Å². The Kier molecular flexibility index (Phi) is 13.9. The summed E-state index contributed by atoms with van der Waals surface area (Å²) in [6, 6.07) is -1.57. The molecular formula is C21H40N2O6. The second-order valence-corrected chi connectivity index (χ2v) is 7.39. The van der Waals surface area contributed by atoms with E-state index in [1.165, 1.54) is 7.11 Å². The van der Waals surface area contributed by atoms with Crippen molar-refractivity contribution < 1.29 is 28.5 Å². The molecule has 170 valence electrons. The van der Waals surface area contributed by atoms with Crippen LogP contribution in [0.25, 0.3) is 0 Å². The second kappa shape index (κ2) is 15.6. The summed E-state index contributed by atoms with van der Waals surface area (Å²) in [5.74, 6) is -0.445. The van der Waals surface area contributed by atoms with Gasteiger partial charge in [0.2, 0.25) is 6.41 Å². The van der Waals surface area contributed by atoms with Gasteiger partial charge in [0.15, 0.2) is 0 Å². The van der Waals surface area contributed by atoms with Crippen LogP contribution in [0.5, 0.6) is 0 Å². The number of unbranched alkanes of at least 4 members (excludes halogenated alkanes) is 3. The van der Waals surface area contributed by atoms with Gasteiger partial charge in [-0.25, -0.2) is 0 Å². The van der Waals surface area contributed by atoms with Crippen molar-refractivity contribution in [3.8, 4) is 0 Å². The van der Waals surface area contributed by atoms with Crippen LogP contribution in [0.4, 0.5) is 0 Å². The fourth-order valence-corrected chi connectivity index (χ4v) is 3.40. The summed E-state index contributed by atoms with van der Waals surface area (Å²) in [5, 5.41) is 6.04. The molecule has 0 radical (unpaired) electrons. The van der Waals surface area contributed by atoms with E-state index >= 15 is 0 Å². The molecule has 1 saturated heterocycles. The molecule has 0 unspecified atom stereocenters. The number of methoxy groups -OCH3 is 1. The van der Waals surface area contributed by atoms with Crippen LogP contribution in [-0.2, 0) is 28.5 Å². The molecule has 0 aromatic rings. The van der Waals surface area contributed by atoms with E-state index in [2.05, 4.69) is 31.4 Å². The third-order valence-electron chi connectivity index (χ3n) is 5.10. The van der Waals surface area contributed by atoms with Crippen molar-refractivity contribution >= 4 is 12.4 Å². The van der Waals surface area contributed by atoms with E-state index in [1.54, 1.807) is 0 Å². The monoisotopic (exact) mass is 416 g/mol. The number of nitrogens with one attached hydrogen (secondary N) is 2. The van der Waals surface area contributed by atoms with Gasteiger partial charge in [-0.1, -0.05) is 40.0 Å². The molecule has 1 aliphatic heterocycles. The third-order valence-corrected chi connectivity index (χ3v) is 5.10. The number of ether oxygens (including phenoxy) is 4. The van der Waals surface area contributed by atoms with Crippen LogP contribution < -0.4 is 10.6 Å². The van der Waals surface area contributed by atoms with Crippen molar-refractivity contribution in [3.63, 3.8) is 0 Å². The van der Waals surface area contributed by atoms with E-state index in [0.717, 1.165) is 38.5 Å². The molecule has 0 aromatic heterocycles. The normalized spacial score (nSPS) is 26.8. The van der Waals surface area contributed by atoms with Gasteiger partial charge in [0.05, 0.1) is 25.8 Å². The molecule has 1 amide bonds. The number of esters is 1. The predicted molar refractivity (Wildman–Crippen MR) is 111 cm³/mol. The Balaban J connectivity index is 3.06. The van der Waals surface area contributed by atoms with Gasteiger partial charge in [0.1, 0.15) is 18.2 Å². The highest BCUT2D eigenvalue weighted by Crippen LogP contribution is 2.23. The van der Waals surface area contributed by atoms with Crippen LogP contribution in [0.15, 0.2) is 0 Å². The fraction of sp³-hybridized carbons (Fsp3) is 0.905. The lowest BCUT2D eigenvalue weighted by Gasteiger charge is -2.46. The highest BCUT2D eigenvalue weighted by atomic mass is 16.5. The predicted octanol–water partition coefficient (Wildman–Crippen LogP) is 1.80. The number of piperidine rings is 1. The topological polar surface area (TPSA) is 95.1 Å². The standard InChI is InChI=1S/C21H40N2O6/c1-5-8-11-27-14-16-19(28-12-9-6-2)20(29-13-10-7-3)17(22-15-24)18(23-16)21(25)26-4/h15-20,23H,5-14H2,1-4H3,(H,22,24)/t16-,17+,18-,19-,20-/m1/s1. The van der Waals surface area contributed by atoms with Gasteiger partial charge in [-0.05, 0) is 19.3 Å². The maximum absolute atomic E-state index is 12.4. The molecule has 0 aromatic carbocycles. The summed E-state index contributed by atoms with van der Waals surface area (Å²) in [6.07, 6.45) is 5.61. The van der Waals surface area contributed by atoms with E-state index in [4.69, 9.17) is 18.9 Å². The molecule has 1 rings (SSSR count). The molecule has 29 heavy (non-hydrogen) atoms. The lowest BCUT2D eigenvalue weighted by molar-refractivity contribution is -0.161. The van der Waals surface area contributed by atoms with Gasteiger partial charge in [-0.2, -0.15) is 0 Å². The number of carbonyl (C=O) groups excluding carboxylic acids is 2. The van der Waals surface area contributed by atoms with Gasteiger partial charge in [0.25, 0.3) is 0 Å². The zero-order valence-corrected chi connectivity index (χ0v) is 18.5. The summed E-state index contributed by atoms with van der Waals surface area (Å²) in [6.45, 7) is 8.46. The van der Waals surface area contributed by atoms with Crippen molar-refractivity contribution in [3.05, 3.63) is 0 Å². The van der Waals surface area contributed by atoms with Gasteiger partial charge in [0, 0.05) is 19.8 Å². The van der Waals surface area contributed by atoms with E-state index in [0.29, 0.717) is 32.8 Å². The molecule has 1 aliphatic rings. The Morgan fingerprint density at radius 2 is 1.55 bits per heavy atom. The Bertz CT molecular complexity index is 451. The van der Waals surface area contributed by atoms with Crippen molar-refractivity contribution in [2.45, 2.75) is 89.6 Å². The Hall–Kier alpha value is -1.22. The van der Waals surface area contributed by atoms with E-state index in [1.807, 2.05) is 0 Å².